The maximum Gasteiger partial charge on any atom is 0.257 e. The van der Waals surface area contributed by atoms with Crippen molar-refractivity contribution in [2.24, 2.45) is 0 Å². The molecule has 0 radical (unpaired) electrons. The number of amides is 1. The van der Waals surface area contributed by atoms with Crippen LogP contribution < -0.4 is 9.47 Å². The molecule has 2 aliphatic rings. The van der Waals surface area contributed by atoms with Gasteiger partial charge < -0.3 is 19.1 Å². The summed E-state index contributed by atoms with van der Waals surface area (Å²) in [5.74, 6) is 1.52. The van der Waals surface area contributed by atoms with E-state index in [0.717, 1.165) is 45.1 Å². The molecule has 0 unspecified atom stereocenters. The number of likely N-dealkylation sites (N-methyl/N-ethyl adjacent to an activating group) is 1. The average Bonchev–Trinajstić information content (AvgIpc) is 2.85. The Balaban J connectivity index is 1.41. The van der Waals surface area contributed by atoms with Gasteiger partial charge in [0.1, 0.15) is 18.1 Å². The van der Waals surface area contributed by atoms with E-state index < -0.39 is 0 Å². The van der Waals surface area contributed by atoms with E-state index in [4.69, 9.17) is 14.2 Å². The quantitative estimate of drug-likeness (QED) is 0.661. The molecule has 4 rings (SSSR count). The van der Waals surface area contributed by atoms with E-state index in [9.17, 15) is 4.79 Å². The van der Waals surface area contributed by atoms with Crippen molar-refractivity contribution in [1.82, 2.24) is 14.7 Å². The standard InChI is InChI=1S/C25H33N3O4/c1-26-11-12-28(19-23(26)20-7-9-21(30-2)10-8-20)25(29)22-5-3-4-6-24(22)32-18-15-27-13-16-31-17-14-27/h3-10,23H,11-19H2,1-2H3/t23-/m1/s1. The minimum Gasteiger partial charge on any atom is -0.497 e. The fourth-order valence-electron chi connectivity index (χ4n) is 4.29. The summed E-state index contributed by atoms with van der Waals surface area (Å²) >= 11 is 0. The van der Waals surface area contributed by atoms with Gasteiger partial charge in [-0.25, -0.2) is 0 Å². The second-order valence-electron chi connectivity index (χ2n) is 8.32. The molecule has 2 fully saturated rings. The Morgan fingerprint density at radius 3 is 2.53 bits per heavy atom. The molecular weight excluding hydrogens is 406 g/mol. The lowest BCUT2D eigenvalue weighted by Crippen LogP contribution is -2.49. The van der Waals surface area contributed by atoms with Gasteiger partial charge in [-0.3, -0.25) is 14.6 Å². The number of carbonyl (C=O) groups is 1. The van der Waals surface area contributed by atoms with Crippen LogP contribution in [0.2, 0.25) is 0 Å². The highest BCUT2D eigenvalue weighted by molar-refractivity contribution is 5.97. The zero-order chi connectivity index (χ0) is 22.3. The molecule has 0 aromatic heterocycles. The third kappa shape index (κ3) is 5.41. The van der Waals surface area contributed by atoms with Crippen molar-refractivity contribution >= 4 is 5.91 Å². The largest absolute Gasteiger partial charge is 0.497 e. The van der Waals surface area contributed by atoms with Crippen LogP contribution in [0.3, 0.4) is 0 Å². The highest BCUT2D eigenvalue weighted by Gasteiger charge is 2.30. The van der Waals surface area contributed by atoms with Gasteiger partial charge in [-0.2, -0.15) is 0 Å². The van der Waals surface area contributed by atoms with Gasteiger partial charge in [-0.05, 0) is 36.9 Å². The second kappa shape index (κ2) is 10.8. The van der Waals surface area contributed by atoms with E-state index in [0.29, 0.717) is 31.0 Å². The molecule has 1 amide bonds. The zero-order valence-electron chi connectivity index (χ0n) is 19.0. The van der Waals surface area contributed by atoms with Gasteiger partial charge in [0.05, 0.1) is 31.9 Å². The number of para-hydroxylation sites is 1. The summed E-state index contributed by atoms with van der Waals surface area (Å²) in [6, 6.07) is 15.8. The normalized spacial score (nSPS) is 20.2. The Kier molecular flexibility index (Phi) is 7.63. The van der Waals surface area contributed by atoms with Gasteiger partial charge in [0.15, 0.2) is 0 Å². The van der Waals surface area contributed by atoms with E-state index >= 15 is 0 Å². The lowest BCUT2D eigenvalue weighted by Gasteiger charge is -2.40. The topological polar surface area (TPSA) is 54.5 Å². The highest BCUT2D eigenvalue weighted by Crippen LogP contribution is 2.28. The minimum atomic E-state index is 0.0265. The maximum absolute atomic E-state index is 13.4. The molecular formula is C25H33N3O4. The van der Waals surface area contributed by atoms with E-state index in [2.05, 4.69) is 29.0 Å². The van der Waals surface area contributed by atoms with Gasteiger partial charge in [0, 0.05) is 39.3 Å². The number of hydrogen-bond acceptors (Lipinski definition) is 6. The SMILES string of the molecule is COc1ccc([C@H]2CN(C(=O)c3ccccc3OCCN3CCOCC3)CCN2C)cc1. The third-order valence-corrected chi connectivity index (χ3v) is 6.32. The first-order chi connectivity index (χ1) is 15.7. The van der Waals surface area contributed by atoms with Crippen LogP contribution in [0.5, 0.6) is 11.5 Å². The van der Waals surface area contributed by atoms with Gasteiger partial charge in [0.25, 0.3) is 5.91 Å². The predicted octanol–water partition coefficient (Wildman–Crippen LogP) is 2.54. The van der Waals surface area contributed by atoms with Crippen LogP contribution in [0, 0.1) is 0 Å². The molecule has 0 aliphatic carbocycles. The Morgan fingerprint density at radius 1 is 1.03 bits per heavy atom. The summed E-state index contributed by atoms with van der Waals surface area (Å²) in [4.78, 5) is 20.0. The number of rotatable bonds is 7. The monoisotopic (exact) mass is 439 g/mol. The van der Waals surface area contributed by atoms with E-state index in [1.54, 1.807) is 7.11 Å². The average molecular weight is 440 g/mol. The van der Waals surface area contributed by atoms with Crippen LogP contribution in [0.1, 0.15) is 22.0 Å². The van der Waals surface area contributed by atoms with Gasteiger partial charge in [-0.1, -0.05) is 24.3 Å². The molecule has 7 heteroatoms. The number of piperazine rings is 1. The number of hydrogen-bond donors (Lipinski definition) is 0. The third-order valence-electron chi connectivity index (χ3n) is 6.32. The first kappa shape index (κ1) is 22.6. The summed E-state index contributed by atoms with van der Waals surface area (Å²) in [5, 5.41) is 0. The van der Waals surface area contributed by atoms with Crippen molar-refractivity contribution in [2.75, 3.05) is 73.2 Å². The second-order valence-corrected chi connectivity index (χ2v) is 8.32. The van der Waals surface area contributed by atoms with Crippen LogP contribution in [-0.4, -0.2) is 93.9 Å². The Bertz CT molecular complexity index is 883. The molecule has 2 aromatic rings. The van der Waals surface area contributed by atoms with E-state index in [1.807, 2.05) is 41.3 Å². The molecule has 2 heterocycles. The van der Waals surface area contributed by atoms with Crippen LogP contribution in [0.25, 0.3) is 0 Å². The Morgan fingerprint density at radius 2 is 1.78 bits per heavy atom. The lowest BCUT2D eigenvalue weighted by molar-refractivity contribution is 0.0321. The fourth-order valence-corrected chi connectivity index (χ4v) is 4.29. The fraction of sp³-hybridized carbons (Fsp3) is 0.480. The van der Waals surface area contributed by atoms with E-state index in [-0.39, 0.29) is 11.9 Å². The molecule has 7 nitrogen and oxygen atoms in total. The van der Waals surface area contributed by atoms with Crippen LogP contribution in [0.4, 0.5) is 0 Å². The van der Waals surface area contributed by atoms with Gasteiger partial charge in [0.2, 0.25) is 0 Å². The zero-order valence-corrected chi connectivity index (χ0v) is 19.0. The molecule has 0 saturated carbocycles. The molecule has 2 aromatic carbocycles. The molecule has 2 saturated heterocycles. The molecule has 0 bridgehead atoms. The highest BCUT2D eigenvalue weighted by atomic mass is 16.5. The van der Waals surface area contributed by atoms with Crippen molar-refractivity contribution in [3.8, 4) is 11.5 Å². The van der Waals surface area contributed by atoms with Crippen LogP contribution in [-0.2, 0) is 4.74 Å². The number of ether oxygens (including phenoxy) is 3. The van der Waals surface area contributed by atoms with Crippen molar-refractivity contribution < 1.29 is 19.0 Å². The van der Waals surface area contributed by atoms with E-state index in [1.165, 1.54) is 5.56 Å². The molecule has 2 aliphatic heterocycles. The summed E-state index contributed by atoms with van der Waals surface area (Å²) < 4.78 is 16.7. The molecule has 32 heavy (non-hydrogen) atoms. The van der Waals surface area contributed by atoms with Crippen molar-refractivity contribution in [1.29, 1.82) is 0 Å². The number of methoxy groups -OCH3 is 1. The smallest absolute Gasteiger partial charge is 0.257 e. The first-order valence-corrected chi connectivity index (χ1v) is 11.3. The Hall–Kier alpha value is -2.61. The minimum absolute atomic E-state index is 0.0265. The van der Waals surface area contributed by atoms with Crippen LogP contribution in [0.15, 0.2) is 48.5 Å². The van der Waals surface area contributed by atoms with Crippen LogP contribution >= 0.6 is 0 Å². The molecule has 1 atom stereocenters. The molecule has 0 spiro atoms. The first-order valence-electron chi connectivity index (χ1n) is 11.3. The van der Waals surface area contributed by atoms with Gasteiger partial charge in [-0.15, -0.1) is 0 Å². The predicted molar refractivity (Wildman–Crippen MR) is 123 cm³/mol. The Labute approximate surface area is 190 Å². The number of benzene rings is 2. The summed E-state index contributed by atoms with van der Waals surface area (Å²) in [6.07, 6.45) is 0. The summed E-state index contributed by atoms with van der Waals surface area (Å²) in [5.41, 5.74) is 1.81. The number of nitrogens with zero attached hydrogens (tertiary/aromatic N) is 3. The molecule has 0 N–H and O–H groups in total. The lowest BCUT2D eigenvalue weighted by atomic mass is 10.0. The number of morpholine rings is 1. The molecule has 172 valence electrons. The summed E-state index contributed by atoms with van der Waals surface area (Å²) in [6.45, 7) is 6.95. The van der Waals surface area contributed by atoms with Crippen molar-refractivity contribution in [2.45, 2.75) is 6.04 Å². The van der Waals surface area contributed by atoms with Crippen molar-refractivity contribution in [3.05, 3.63) is 59.7 Å². The van der Waals surface area contributed by atoms with Crippen molar-refractivity contribution in [3.63, 3.8) is 0 Å². The number of carbonyl (C=O) groups excluding carboxylic acids is 1. The van der Waals surface area contributed by atoms with Gasteiger partial charge >= 0.3 is 0 Å². The maximum atomic E-state index is 13.4. The summed E-state index contributed by atoms with van der Waals surface area (Å²) in [7, 11) is 3.78.